The average molecular weight is 459 g/mol. The van der Waals surface area contributed by atoms with Crippen molar-refractivity contribution in [1.82, 2.24) is 29.8 Å². The fraction of sp³-hybridized carbons (Fsp3) is 0.292. The summed E-state index contributed by atoms with van der Waals surface area (Å²) in [5, 5.41) is 0. The maximum absolute atomic E-state index is 6.02. The monoisotopic (exact) mass is 458 g/mol. The Balaban J connectivity index is 1.42. The van der Waals surface area contributed by atoms with Crippen molar-refractivity contribution in [2.24, 2.45) is 0 Å². The molecule has 1 fully saturated rings. The van der Waals surface area contributed by atoms with Gasteiger partial charge >= 0.3 is 0 Å². The molecule has 0 spiro atoms. The van der Waals surface area contributed by atoms with E-state index in [9.17, 15) is 0 Å². The molecule has 1 saturated heterocycles. The Hall–Kier alpha value is -4.05. The predicted octanol–water partition coefficient (Wildman–Crippen LogP) is 2.40. The number of hydrogen-bond donors (Lipinski definition) is 1. The minimum atomic E-state index is 0.190. The predicted molar refractivity (Wildman–Crippen MR) is 130 cm³/mol. The van der Waals surface area contributed by atoms with Gasteiger partial charge < -0.3 is 20.1 Å². The van der Waals surface area contributed by atoms with Crippen molar-refractivity contribution >= 4 is 22.9 Å². The first-order valence-corrected chi connectivity index (χ1v) is 11.0. The number of fused-ring (bicyclic) bond motifs is 1. The van der Waals surface area contributed by atoms with E-state index < -0.39 is 0 Å². The zero-order valence-corrected chi connectivity index (χ0v) is 19.2. The SMILES string of the molecule is COc1ccc(-c2cnc3nc(N)nc(N4CCN(Cc5ccncc5)CC4)c3n2)cc1OC. The van der Waals surface area contributed by atoms with Gasteiger partial charge in [0.15, 0.2) is 28.5 Å². The molecule has 2 N–H and O–H groups in total. The van der Waals surface area contributed by atoms with Crippen LogP contribution in [0.5, 0.6) is 11.5 Å². The quantitative estimate of drug-likeness (QED) is 0.462. The molecule has 0 saturated carbocycles. The number of rotatable bonds is 6. The third-order valence-electron chi connectivity index (χ3n) is 5.91. The Kier molecular flexibility index (Phi) is 6.05. The van der Waals surface area contributed by atoms with Crippen LogP contribution in [0.25, 0.3) is 22.4 Å². The van der Waals surface area contributed by atoms with Crippen LogP contribution < -0.4 is 20.1 Å². The summed E-state index contributed by atoms with van der Waals surface area (Å²) in [5.74, 6) is 2.18. The van der Waals surface area contributed by atoms with Crippen molar-refractivity contribution in [2.75, 3.05) is 51.0 Å². The van der Waals surface area contributed by atoms with E-state index in [-0.39, 0.29) is 5.95 Å². The van der Waals surface area contributed by atoms with Gasteiger partial charge in [0, 0.05) is 50.7 Å². The van der Waals surface area contributed by atoms with Crippen molar-refractivity contribution in [3.05, 3.63) is 54.5 Å². The van der Waals surface area contributed by atoms with Gasteiger partial charge in [-0.3, -0.25) is 9.88 Å². The lowest BCUT2D eigenvalue weighted by Gasteiger charge is -2.35. The van der Waals surface area contributed by atoms with Gasteiger partial charge in [-0.05, 0) is 35.9 Å². The third-order valence-corrected chi connectivity index (χ3v) is 5.91. The van der Waals surface area contributed by atoms with E-state index in [2.05, 4.69) is 41.9 Å². The van der Waals surface area contributed by atoms with E-state index in [0.29, 0.717) is 34.2 Å². The number of hydrogen-bond acceptors (Lipinski definition) is 10. The molecule has 0 amide bonds. The number of benzene rings is 1. The summed E-state index contributed by atoms with van der Waals surface area (Å²) in [6, 6.07) is 9.76. The van der Waals surface area contributed by atoms with Gasteiger partial charge in [0.25, 0.3) is 0 Å². The molecule has 1 aliphatic rings. The van der Waals surface area contributed by atoms with E-state index in [1.54, 1.807) is 20.4 Å². The lowest BCUT2D eigenvalue weighted by atomic mass is 10.1. The fourth-order valence-corrected chi connectivity index (χ4v) is 4.13. The van der Waals surface area contributed by atoms with E-state index in [4.69, 9.17) is 20.2 Å². The minimum absolute atomic E-state index is 0.190. The summed E-state index contributed by atoms with van der Waals surface area (Å²) in [6.07, 6.45) is 5.35. The van der Waals surface area contributed by atoms with Gasteiger partial charge in [0.2, 0.25) is 5.95 Å². The summed E-state index contributed by atoms with van der Waals surface area (Å²) >= 11 is 0. The van der Waals surface area contributed by atoms with Gasteiger partial charge in [0.05, 0.1) is 26.1 Å². The molecular weight excluding hydrogens is 432 g/mol. The van der Waals surface area contributed by atoms with Crippen LogP contribution in [0.1, 0.15) is 5.56 Å². The summed E-state index contributed by atoms with van der Waals surface area (Å²) in [5.41, 5.74) is 9.93. The number of ether oxygens (including phenoxy) is 2. The molecule has 1 aliphatic heterocycles. The van der Waals surface area contributed by atoms with Gasteiger partial charge in [-0.2, -0.15) is 9.97 Å². The number of anilines is 2. The van der Waals surface area contributed by atoms with Crippen LogP contribution in [0.3, 0.4) is 0 Å². The van der Waals surface area contributed by atoms with Crippen LogP contribution in [0.2, 0.25) is 0 Å². The van der Waals surface area contributed by atoms with Crippen molar-refractivity contribution in [3.63, 3.8) is 0 Å². The summed E-state index contributed by atoms with van der Waals surface area (Å²) < 4.78 is 10.8. The van der Waals surface area contributed by atoms with E-state index in [1.807, 2.05) is 30.6 Å². The van der Waals surface area contributed by atoms with Crippen molar-refractivity contribution in [1.29, 1.82) is 0 Å². The Morgan fingerprint density at radius 2 is 1.68 bits per heavy atom. The lowest BCUT2D eigenvalue weighted by Crippen LogP contribution is -2.46. The van der Waals surface area contributed by atoms with E-state index >= 15 is 0 Å². The highest BCUT2D eigenvalue weighted by Gasteiger charge is 2.22. The maximum atomic E-state index is 6.02. The lowest BCUT2D eigenvalue weighted by molar-refractivity contribution is 0.249. The van der Waals surface area contributed by atoms with Crippen LogP contribution in [0.15, 0.2) is 48.9 Å². The van der Waals surface area contributed by atoms with Crippen LogP contribution in [-0.4, -0.2) is 70.2 Å². The van der Waals surface area contributed by atoms with Gasteiger partial charge in [-0.25, -0.2) is 9.97 Å². The summed E-state index contributed by atoms with van der Waals surface area (Å²) in [4.78, 5) is 27.0. The first-order chi connectivity index (χ1) is 16.6. The standard InChI is InChI=1S/C24H26N8O2/c1-33-19-4-3-17(13-20(19)34-2)18-14-27-22-21(28-18)23(30-24(25)29-22)32-11-9-31(10-12-32)15-16-5-7-26-8-6-16/h3-8,13-14H,9-12,15H2,1-2H3,(H2,25,27,29,30). The Bertz CT molecular complexity index is 1290. The molecule has 0 bridgehead atoms. The number of pyridine rings is 1. The average Bonchev–Trinajstić information content (AvgIpc) is 2.88. The molecule has 10 heteroatoms. The number of piperazine rings is 1. The number of nitrogens with two attached hydrogens (primary N) is 1. The molecule has 5 rings (SSSR count). The molecular formula is C24H26N8O2. The van der Waals surface area contributed by atoms with Crippen molar-refractivity contribution in [3.8, 4) is 22.8 Å². The minimum Gasteiger partial charge on any atom is -0.493 e. The second-order valence-corrected chi connectivity index (χ2v) is 8.02. The fourth-order valence-electron chi connectivity index (χ4n) is 4.13. The Morgan fingerprint density at radius 1 is 0.912 bits per heavy atom. The van der Waals surface area contributed by atoms with Gasteiger partial charge in [0.1, 0.15) is 0 Å². The van der Waals surface area contributed by atoms with Crippen LogP contribution >= 0.6 is 0 Å². The smallest absolute Gasteiger partial charge is 0.224 e. The van der Waals surface area contributed by atoms with Crippen LogP contribution in [0.4, 0.5) is 11.8 Å². The van der Waals surface area contributed by atoms with Gasteiger partial charge in [-0.1, -0.05) is 0 Å². The molecule has 4 aromatic rings. The number of nitrogen functional groups attached to an aromatic ring is 1. The molecule has 0 atom stereocenters. The van der Waals surface area contributed by atoms with Crippen molar-refractivity contribution in [2.45, 2.75) is 6.54 Å². The van der Waals surface area contributed by atoms with Crippen molar-refractivity contribution < 1.29 is 9.47 Å². The molecule has 3 aromatic heterocycles. The molecule has 0 unspecified atom stereocenters. The molecule has 1 aromatic carbocycles. The zero-order valence-electron chi connectivity index (χ0n) is 19.2. The molecule has 4 heterocycles. The third kappa shape index (κ3) is 4.40. The molecule has 0 radical (unpaired) electrons. The summed E-state index contributed by atoms with van der Waals surface area (Å²) in [6.45, 7) is 4.30. The first kappa shape index (κ1) is 21.8. The highest BCUT2D eigenvalue weighted by molar-refractivity contribution is 5.86. The normalized spacial score (nSPS) is 14.4. The first-order valence-electron chi connectivity index (χ1n) is 11.0. The molecule has 174 valence electrons. The molecule has 0 aliphatic carbocycles. The Morgan fingerprint density at radius 3 is 2.41 bits per heavy atom. The largest absolute Gasteiger partial charge is 0.493 e. The summed E-state index contributed by atoms with van der Waals surface area (Å²) in [7, 11) is 3.22. The highest BCUT2D eigenvalue weighted by atomic mass is 16.5. The van der Waals surface area contributed by atoms with Crippen LogP contribution in [-0.2, 0) is 6.54 Å². The second-order valence-electron chi connectivity index (χ2n) is 8.02. The zero-order chi connectivity index (χ0) is 23.5. The highest BCUT2D eigenvalue weighted by Crippen LogP contribution is 2.32. The number of nitrogens with zero attached hydrogens (tertiary/aromatic N) is 7. The second kappa shape index (κ2) is 9.44. The molecule has 10 nitrogen and oxygen atoms in total. The topological polar surface area (TPSA) is 115 Å². The Labute approximate surface area is 197 Å². The van der Waals surface area contributed by atoms with E-state index in [0.717, 1.165) is 38.3 Å². The van der Waals surface area contributed by atoms with Gasteiger partial charge in [-0.15, -0.1) is 0 Å². The number of methoxy groups -OCH3 is 2. The number of aromatic nitrogens is 5. The van der Waals surface area contributed by atoms with Crippen LogP contribution in [0, 0.1) is 0 Å². The maximum Gasteiger partial charge on any atom is 0.224 e. The van der Waals surface area contributed by atoms with E-state index in [1.165, 1.54) is 5.56 Å². The molecule has 34 heavy (non-hydrogen) atoms.